The SMILES string of the molecule is O=C(c1cc2ccccc2o1)N1CCCCO1. The fraction of sp³-hybridized carbons (Fsp3) is 0.308. The van der Waals surface area contributed by atoms with Gasteiger partial charge >= 0.3 is 5.91 Å². The molecule has 3 rings (SSSR count). The predicted molar refractivity (Wildman–Crippen MR) is 62.4 cm³/mol. The summed E-state index contributed by atoms with van der Waals surface area (Å²) in [5, 5.41) is 2.33. The van der Waals surface area contributed by atoms with Gasteiger partial charge in [0.1, 0.15) is 5.58 Å². The van der Waals surface area contributed by atoms with E-state index in [1.807, 2.05) is 24.3 Å². The first-order valence-corrected chi connectivity index (χ1v) is 5.78. The smallest absolute Gasteiger partial charge is 0.313 e. The Labute approximate surface area is 98.7 Å². The minimum atomic E-state index is -0.194. The molecular weight excluding hydrogens is 218 g/mol. The summed E-state index contributed by atoms with van der Waals surface area (Å²) in [7, 11) is 0. The Morgan fingerprint density at radius 3 is 2.88 bits per heavy atom. The van der Waals surface area contributed by atoms with Gasteiger partial charge in [-0.15, -0.1) is 0 Å². The van der Waals surface area contributed by atoms with Gasteiger partial charge in [0.25, 0.3) is 0 Å². The van der Waals surface area contributed by atoms with Gasteiger partial charge in [0.2, 0.25) is 0 Å². The second kappa shape index (κ2) is 4.22. The molecule has 4 heteroatoms. The summed E-state index contributed by atoms with van der Waals surface area (Å²) in [4.78, 5) is 17.4. The van der Waals surface area contributed by atoms with Gasteiger partial charge in [-0.05, 0) is 25.0 Å². The summed E-state index contributed by atoms with van der Waals surface area (Å²) in [6.07, 6.45) is 1.98. The van der Waals surface area contributed by atoms with Gasteiger partial charge in [-0.3, -0.25) is 9.63 Å². The van der Waals surface area contributed by atoms with Gasteiger partial charge in [-0.25, -0.2) is 5.06 Å². The van der Waals surface area contributed by atoms with E-state index >= 15 is 0 Å². The summed E-state index contributed by atoms with van der Waals surface area (Å²) < 4.78 is 5.51. The lowest BCUT2D eigenvalue weighted by atomic mass is 10.2. The lowest BCUT2D eigenvalue weighted by Gasteiger charge is -2.24. The van der Waals surface area contributed by atoms with E-state index < -0.39 is 0 Å². The van der Waals surface area contributed by atoms with Gasteiger partial charge in [0, 0.05) is 11.9 Å². The van der Waals surface area contributed by atoms with Crippen LogP contribution in [0.15, 0.2) is 34.7 Å². The Bertz CT molecular complexity index is 507. The molecule has 0 atom stereocenters. The van der Waals surface area contributed by atoms with E-state index in [-0.39, 0.29) is 5.91 Å². The summed E-state index contributed by atoms with van der Waals surface area (Å²) in [5.74, 6) is 0.147. The molecule has 1 aromatic carbocycles. The molecule has 2 heterocycles. The number of carbonyl (C=O) groups is 1. The fourth-order valence-corrected chi connectivity index (χ4v) is 1.97. The Balaban J connectivity index is 1.89. The van der Waals surface area contributed by atoms with Gasteiger partial charge < -0.3 is 4.42 Å². The number of hydrogen-bond donors (Lipinski definition) is 0. The van der Waals surface area contributed by atoms with E-state index in [1.165, 1.54) is 5.06 Å². The van der Waals surface area contributed by atoms with Crippen LogP contribution in [0.5, 0.6) is 0 Å². The molecule has 0 saturated carbocycles. The zero-order valence-electron chi connectivity index (χ0n) is 9.39. The summed E-state index contributed by atoms with van der Waals surface area (Å²) >= 11 is 0. The maximum Gasteiger partial charge on any atom is 0.313 e. The average Bonchev–Trinajstić information content (AvgIpc) is 2.82. The molecule has 0 bridgehead atoms. The molecule has 1 saturated heterocycles. The highest BCUT2D eigenvalue weighted by Crippen LogP contribution is 2.21. The van der Waals surface area contributed by atoms with E-state index in [9.17, 15) is 4.79 Å². The van der Waals surface area contributed by atoms with Crippen molar-refractivity contribution in [1.82, 2.24) is 5.06 Å². The van der Waals surface area contributed by atoms with E-state index in [4.69, 9.17) is 9.25 Å². The first-order valence-electron chi connectivity index (χ1n) is 5.78. The Kier molecular flexibility index (Phi) is 2.57. The first kappa shape index (κ1) is 10.4. The minimum absolute atomic E-state index is 0.194. The van der Waals surface area contributed by atoms with Crippen LogP contribution in [0.25, 0.3) is 11.0 Å². The highest BCUT2D eigenvalue weighted by molar-refractivity contribution is 5.95. The van der Waals surface area contributed by atoms with E-state index in [2.05, 4.69) is 0 Å². The number of nitrogens with zero attached hydrogens (tertiary/aromatic N) is 1. The summed E-state index contributed by atoms with van der Waals surface area (Å²) in [5.41, 5.74) is 0.729. The van der Waals surface area contributed by atoms with Crippen LogP contribution in [0.1, 0.15) is 23.4 Å². The molecule has 1 aliphatic rings. The molecule has 0 N–H and O–H groups in total. The Morgan fingerprint density at radius 1 is 1.24 bits per heavy atom. The first-order chi connectivity index (χ1) is 8.34. The maximum absolute atomic E-state index is 12.1. The number of amides is 1. The van der Waals surface area contributed by atoms with Gasteiger partial charge in [-0.2, -0.15) is 0 Å². The van der Waals surface area contributed by atoms with Crippen LogP contribution in [0.4, 0.5) is 0 Å². The fourth-order valence-electron chi connectivity index (χ4n) is 1.97. The number of hydrogen-bond acceptors (Lipinski definition) is 3. The molecule has 1 fully saturated rings. The molecule has 1 aromatic heterocycles. The maximum atomic E-state index is 12.1. The molecule has 4 nitrogen and oxygen atoms in total. The molecule has 17 heavy (non-hydrogen) atoms. The van der Waals surface area contributed by atoms with Crippen LogP contribution < -0.4 is 0 Å². The lowest BCUT2D eigenvalue weighted by molar-refractivity contribution is -0.145. The summed E-state index contributed by atoms with van der Waals surface area (Å²) in [6.45, 7) is 1.24. The largest absolute Gasteiger partial charge is 0.451 e. The van der Waals surface area contributed by atoms with Gasteiger partial charge in [-0.1, -0.05) is 18.2 Å². The highest BCUT2D eigenvalue weighted by atomic mass is 16.7. The molecule has 88 valence electrons. The zero-order chi connectivity index (χ0) is 11.7. The minimum Gasteiger partial charge on any atom is -0.451 e. The molecule has 1 amide bonds. The van der Waals surface area contributed by atoms with Crippen LogP contribution >= 0.6 is 0 Å². The Morgan fingerprint density at radius 2 is 2.12 bits per heavy atom. The lowest BCUT2D eigenvalue weighted by Crippen LogP contribution is -2.35. The van der Waals surface area contributed by atoms with Gasteiger partial charge in [0.05, 0.1) is 6.61 Å². The number of para-hydroxylation sites is 1. The number of benzene rings is 1. The zero-order valence-corrected chi connectivity index (χ0v) is 9.39. The number of carbonyl (C=O) groups excluding carboxylic acids is 1. The highest BCUT2D eigenvalue weighted by Gasteiger charge is 2.22. The predicted octanol–water partition coefficient (Wildman–Crippen LogP) is 2.60. The van der Waals surface area contributed by atoms with Crippen molar-refractivity contribution in [2.24, 2.45) is 0 Å². The monoisotopic (exact) mass is 231 g/mol. The molecule has 2 aromatic rings. The number of furan rings is 1. The second-order valence-corrected chi connectivity index (χ2v) is 4.10. The van der Waals surface area contributed by atoms with Crippen molar-refractivity contribution in [3.05, 3.63) is 36.1 Å². The topological polar surface area (TPSA) is 42.7 Å². The molecule has 0 spiro atoms. The van der Waals surface area contributed by atoms with Crippen LogP contribution in [0, 0.1) is 0 Å². The molecule has 0 unspecified atom stereocenters. The standard InChI is InChI=1S/C13H13NO3/c15-13(14-7-3-4-8-16-14)12-9-10-5-1-2-6-11(10)17-12/h1-2,5-6,9H,3-4,7-8H2. The normalized spacial score (nSPS) is 16.4. The molecule has 0 radical (unpaired) electrons. The molecule has 1 aliphatic heterocycles. The van der Waals surface area contributed by atoms with E-state index in [0.717, 1.165) is 23.8 Å². The van der Waals surface area contributed by atoms with Crippen molar-refractivity contribution in [2.45, 2.75) is 12.8 Å². The van der Waals surface area contributed by atoms with Crippen LogP contribution in [0.3, 0.4) is 0 Å². The van der Waals surface area contributed by atoms with E-state index in [1.54, 1.807) is 6.07 Å². The quantitative estimate of drug-likeness (QED) is 0.757. The number of hydroxylamine groups is 2. The number of rotatable bonds is 1. The van der Waals surface area contributed by atoms with Crippen LogP contribution in [0.2, 0.25) is 0 Å². The van der Waals surface area contributed by atoms with Crippen molar-refractivity contribution in [1.29, 1.82) is 0 Å². The third kappa shape index (κ3) is 1.91. The molecular formula is C13H13NO3. The van der Waals surface area contributed by atoms with Gasteiger partial charge in [0.15, 0.2) is 5.76 Å². The van der Waals surface area contributed by atoms with Crippen molar-refractivity contribution >= 4 is 16.9 Å². The van der Waals surface area contributed by atoms with E-state index in [0.29, 0.717) is 18.9 Å². The van der Waals surface area contributed by atoms with Crippen molar-refractivity contribution < 1.29 is 14.0 Å². The van der Waals surface area contributed by atoms with Crippen molar-refractivity contribution in [2.75, 3.05) is 13.2 Å². The second-order valence-electron chi connectivity index (χ2n) is 4.10. The third-order valence-corrected chi connectivity index (χ3v) is 2.87. The van der Waals surface area contributed by atoms with Crippen molar-refractivity contribution in [3.8, 4) is 0 Å². The van der Waals surface area contributed by atoms with Crippen LogP contribution in [-0.4, -0.2) is 24.1 Å². The van der Waals surface area contributed by atoms with Crippen molar-refractivity contribution in [3.63, 3.8) is 0 Å². The number of fused-ring (bicyclic) bond motifs is 1. The summed E-state index contributed by atoms with van der Waals surface area (Å²) in [6, 6.07) is 9.34. The third-order valence-electron chi connectivity index (χ3n) is 2.87. The Hall–Kier alpha value is -1.81. The average molecular weight is 231 g/mol. The van der Waals surface area contributed by atoms with Crippen LogP contribution in [-0.2, 0) is 4.84 Å². The molecule has 0 aliphatic carbocycles.